The number of hydrogen-bond donors (Lipinski definition) is 1. The third kappa shape index (κ3) is 3.63. The number of ether oxygens (including phenoxy) is 1. The summed E-state index contributed by atoms with van der Waals surface area (Å²) < 4.78 is 5.90. The van der Waals surface area contributed by atoms with E-state index in [9.17, 15) is 4.79 Å². The highest BCUT2D eigenvalue weighted by atomic mass is 79.9. The predicted octanol–water partition coefficient (Wildman–Crippen LogP) is 3.60. The Balaban J connectivity index is 1.99. The highest BCUT2D eigenvalue weighted by Gasteiger charge is 2.25. The highest BCUT2D eigenvalue weighted by Crippen LogP contribution is 2.29. The van der Waals surface area contributed by atoms with E-state index in [4.69, 9.17) is 16.3 Å². The summed E-state index contributed by atoms with van der Waals surface area (Å²) in [5.74, 6) is 0.959. The van der Waals surface area contributed by atoms with E-state index in [1.165, 1.54) is 0 Å². The Hall–Kier alpha value is -0.740. The van der Waals surface area contributed by atoms with Gasteiger partial charge in [-0.15, -0.1) is 11.6 Å². The van der Waals surface area contributed by atoms with E-state index in [0.29, 0.717) is 23.8 Å². The molecule has 2 unspecified atom stereocenters. The molecule has 3 nitrogen and oxygen atoms in total. The maximum atomic E-state index is 12.2. The van der Waals surface area contributed by atoms with Gasteiger partial charge in [0.05, 0.1) is 12.7 Å². The van der Waals surface area contributed by atoms with Crippen molar-refractivity contribution in [1.29, 1.82) is 0 Å². The second kappa shape index (κ2) is 6.62. The minimum absolute atomic E-state index is 0.0958. The Bertz CT molecular complexity index is 467. The molecule has 1 aromatic rings. The van der Waals surface area contributed by atoms with Gasteiger partial charge in [0.1, 0.15) is 5.75 Å². The minimum atomic E-state index is -0.0958. The van der Waals surface area contributed by atoms with Gasteiger partial charge < -0.3 is 10.1 Å². The van der Waals surface area contributed by atoms with E-state index < -0.39 is 0 Å². The largest absolute Gasteiger partial charge is 0.497 e. The van der Waals surface area contributed by atoms with Crippen molar-refractivity contribution >= 4 is 33.4 Å². The van der Waals surface area contributed by atoms with Crippen LogP contribution in [0.15, 0.2) is 22.7 Å². The molecule has 1 aliphatic carbocycles. The van der Waals surface area contributed by atoms with Gasteiger partial charge in [-0.3, -0.25) is 4.79 Å². The zero-order valence-corrected chi connectivity index (χ0v) is 13.1. The summed E-state index contributed by atoms with van der Waals surface area (Å²) in [5, 5.41) is 3.14. The van der Waals surface area contributed by atoms with Crippen LogP contribution in [0.3, 0.4) is 0 Å². The Labute approximate surface area is 126 Å². The van der Waals surface area contributed by atoms with E-state index in [1.54, 1.807) is 13.2 Å². The molecule has 0 radical (unpaired) electrons. The molecule has 1 N–H and O–H groups in total. The van der Waals surface area contributed by atoms with Crippen molar-refractivity contribution in [3.05, 3.63) is 28.2 Å². The molecule has 0 heterocycles. The summed E-state index contributed by atoms with van der Waals surface area (Å²) in [5.41, 5.74) is 0.587. The van der Waals surface area contributed by atoms with Crippen LogP contribution in [0.5, 0.6) is 5.75 Å². The number of carbonyl (C=O) groups is 1. The molecule has 1 amide bonds. The van der Waals surface area contributed by atoms with Crippen molar-refractivity contribution in [3.8, 4) is 5.75 Å². The Morgan fingerprint density at radius 1 is 1.53 bits per heavy atom. The first-order valence-electron chi connectivity index (χ1n) is 6.37. The standard InChI is InChI=1S/C14H17BrClNO2/c1-19-10-5-6-12(15)11(7-10)14(18)17-8-9-3-2-4-13(9)16/h5-7,9,13H,2-4,8H2,1H3,(H,17,18). The van der Waals surface area contributed by atoms with Gasteiger partial charge in [0, 0.05) is 16.4 Å². The third-order valence-corrected chi connectivity index (χ3v) is 4.78. The molecular formula is C14H17BrClNO2. The average Bonchev–Trinajstić information content (AvgIpc) is 2.82. The summed E-state index contributed by atoms with van der Waals surface area (Å²) >= 11 is 9.59. The quantitative estimate of drug-likeness (QED) is 0.846. The molecule has 1 aliphatic rings. The lowest BCUT2D eigenvalue weighted by Crippen LogP contribution is -2.31. The topological polar surface area (TPSA) is 38.3 Å². The van der Waals surface area contributed by atoms with Crippen LogP contribution >= 0.6 is 27.5 Å². The molecule has 2 atom stereocenters. The SMILES string of the molecule is COc1ccc(Br)c(C(=O)NCC2CCCC2Cl)c1. The van der Waals surface area contributed by atoms with Crippen molar-refractivity contribution in [2.75, 3.05) is 13.7 Å². The number of halogens is 2. The van der Waals surface area contributed by atoms with Crippen LogP contribution in [0.4, 0.5) is 0 Å². The summed E-state index contributed by atoms with van der Waals surface area (Å²) in [6, 6.07) is 5.35. The van der Waals surface area contributed by atoms with Crippen LogP contribution in [0.1, 0.15) is 29.6 Å². The summed E-state index contributed by atoms with van der Waals surface area (Å²) in [7, 11) is 1.58. The molecular weight excluding hydrogens is 330 g/mol. The molecule has 2 rings (SSSR count). The molecule has 0 bridgehead atoms. The monoisotopic (exact) mass is 345 g/mol. The second-order valence-corrected chi connectivity index (χ2v) is 6.18. The van der Waals surface area contributed by atoms with E-state index >= 15 is 0 Å². The highest BCUT2D eigenvalue weighted by molar-refractivity contribution is 9.10. The first kappa shape index (κ1) is 14.7. The molecule has 104 valence electrons. The van der Waals surface area contributed by atoms with Crippen LogP contribution in [-0.2, 0) is 0 Å². The molecule has 5 heteroatoms. The van der Waals surface area contributed by atoms with Crippen LogP contribution in [0, 0.1) is 5.92 Å². The van der Waals surface area contributed by atoms with Crippen LogP contribution in [0.2, 0.25) is 0 Å². The molecule has 0 aliphatic heterocycles. The van der Waals surface area contributed by atoms with Crippen molar-refractivity contribution in [2.24, 2.45) is 5.92 Å². The van der Waals surface area contributed by atoms with Gasteiger partial charge in [-0.1, -0.05) is 6.42 Å². The van der Waals surface area contributed by atoms with Crippen molar-refractivity contribution in [1.82, 2.24) is 5.32 Å². The number of methoxy groups -OCH3 is 1. The Morgan fingerprint density at radius 3 is 2.95 bits per heavy atom. The summed E-state index contributed by atoms with van der Waals surface area (Å²) in [4.78, 5) is 12.2. The predicted molar refractivity (Wildman–Crippen MR) is 80.0 cm³/mol. The van der Waals surface area contributed by atoms with Gasteiger partial charge in [0.2, 0.25) is 0 Å². The van der Waals surface area contributed by atoms with E-state index in [0.717, 1.165) is 23.7 Å². The number of carbonyl (C=O) groups excluding carboxylic acids is 1. The fourth-order valence-electron chi connectivity index (χ4n) is 2.35. The van der Waals surface area contributed by atoms with Crippen LogP contribution in [-0.4, -0.2) is 24.9 Å². The fourth-order valence-corrected chi connectivity index (χ4v) is 3.14. The average molecular weight is 347 g/mol. The summed E-state index contributed by atoms with van der Waals surface area (Å²) in [6.07, 6.45) is 3.29. The fraction of sp³-hybridized carbons (Fsp3) is 0.500. The molecule has 0 saturated heterocycles. The molecule has 1 saturated carbocycles. The maximum Gasteiger partial charge on any atom is 0.252 e. The zero-order chi connectivity index (χ0) is 13.8. The Kier molecular flexibility index (Phi) is 5.11. The summed E-state index contributed by atoms with van der Waals surface area (Å²) in [6.45, 7) is 0.636. The Morgan fingerprint density at radius 2 is 2.32 bits per heavy atom. The van der Waals surface area contributed by atoms with Crippen molar-refractivity contribution in [3.63, 3.8) is 0 Å². The van der Waals surface area contributed by atoms with Gasteiger partial charge in [-0.05, 0) is 52.9 Å². The number of hydrogen-bond acceptors (Lipinski definition) is 2. The lowest BCUT2D eigenvalue weighted by atomic mass is 10.1. The normalized spacial score (nSPS) is 22.3. The zero-order valence-electron chi connectivity index (χ0n) is 10.8. The number of amides is 1. The molecule has 1 fully saturated rings. The third-order valence-electron chi connectivity index (χ3n) is 3.51. The van der Waals surface area contributed by atoms with Gasteiger partial charge >= 0.3 is 0 Å². The van der Waals surface area contributed by atoms with Crippen LogP contribution < -0.4 is 10.1 Å². The number of nitrogens with one attached hydrogen (secondary N) is 1. The number of benzene rings is 1. The van der Waals surface area contributed by atoms with E-state index in [-0.39, 0.29) is 11.3 Å². The van der Waals surface area contributed by atoms with Gasteiger partial charge in [0.25, 0.3) is 5.91 Å². The number of alkyl halides is 1. The lowest BCUT2D eigenvalue weighted by Gasteiger charge is -2.15. The maximum absolute atomic E-state index is 12.2. The van der Waals surface area contributed by atoms with Crippen LogP contribution in [0.25, 0.3) is 0 Å². The van der Waals surface area contributed by atoms with E-state index in [1.807, 2.05) is 12.1 Å². The first-order valence-corrected chi connectivity index (χ1v) is 7.60. The van der Waals surface area contributed by atoms with Gasteiger partial charge in [-0.25, -0.2) is 0 Å². The van der Waals surface area contributed by atoms with Crippen molar-refractivity contribution in [2.45, 2.75) is 24.6 Å². The van der Waals surface area contributed by atoms with Crippen molar-refractivity contribution < 1.29 is 9.53 Å². The van der Waals surface area contributed by atoms with Gasteiger partial charge in [-0.2, -0.15) is 0 Å². The minimum Gasteiger partial charge on any atom is -0.497 e. The molecule has 19 heavy (non-hydrogen) atoms. The molecule has 1 aromatic carbocycles. The molecule has 0 aromatic heterocycles. The lowest BCUT2D eigenvalue weighted by molar-refractivity contribution is 0.0946. The van der Waals surface area contributed by atoms with E-state index in [2.05, 4.69) is 21.2 Å². The second-order valence-electron chi connectivity index (χ2n) is 4.76. The first-order chi connectivity index (χ1) is 9.11. The van der Waals surface area contributed by atoms with Gasteiger partial charge in [0.15, 0.2) is 0 Å². The smallest absolute Gasteiger partial charge is 0.252 e. The number of rotatable bonds is 4. The molecule has 0 spiro atoms.